The number of nitrogens with zero attached hydrogens (tertiary/aromatic N) is 1. The van der Waals surface area contributed by atoms with Crippen molar-refractivity contribution < 1.29 is 5.11 Å². The fourth-order valence-electron chi connectivity index (χ4n) is 0.634. The second-order valence-electron chi connectivity index (χ2n) is 2.02. The predicted molar refractivity (Wildman–Crippen MR) is 37.5 cm³/mol. The first-order valence-corrected chi connectivity index (χ1v) is 3.72. The number of rotatable bonds is 2. The second kappa shape index (κ2) is 2.94. The smallest absolute Gasteiger partial charge is 0.0794 e. The van der Waals surface area contributed by atoms with Gasteiger partial charge >= 0.3 is 0 Å². The highest BCUT2D eigenvalue weighted by Crippen LogP contribution is 2.07. The van der Waals surface area contributed by atoms with Gasteiger partial charge in [0.15, 0.2) is 0 Å². The quantitative estimate of drug-likeness (QED) is 0.671. The highest BCUT2D eigenvalue weighted by molar-refractivity contribution is 7.09. The first kappa shape index (κ1) is 6.71. The van der Waals surface area contributed by atoms with Crippen LogP contribution in [-0.2, 0) is 6.42 Å². The Hall–Kier alpha value is -0.410. The minimum atomic E-state index is -0.245. The van der Waals surface area contributed by atoms with Crippen LogP contribution in [0.25, 0.3) is 0 Å². The molecule has 1 rings (SSSR count). The number of hydrogen-bond donors (Lipinski definition) is 1. The lowest BCUT2D eigenvalue weighted by atomic mass is 10.3. The van der Waals surface area contributed by atoms with Crippen LogP contribution in [0.3, 0.4) is 0 Å². The minimum absolute atomic E-state index is 0.245. The maximum Gasteiger partial charge on any atom is 0.0794 e. The lowest BCUT2D eigenvalue weighted by Gasteiger charge is -1.97. The third-order valence-corrected chi connectivity index (χ3v) is 1.78. The molecule has 0 aromatic carbocycles. The monoisotopic (exact) mass is 143 g/mol. The van der Waals surface area contributed by atoms with Crippen LogP contribution in [0.5, 0.6) is 0 Å². The van der Waals surface area contributed by atoms with Gasteiger partial charge in [0.25, 0.3) is 0 Å². The molecule has 1 N–H and O–H groups in total. The summed E-state index contributed by atoms with van der Waals surface area (Å²) in [4.78, 5) is 5.03. The van der Waals surface area contributed by atoms with E-state index >= 15 is 0 Å². The molecule has 0 aliphatic carbocycles. The maximum absolute atomic E-state index is 8.90. The van der Waals surface area contributed by atoms with Crippen LogP contribution in [0.2, 0.25) is 0 Å². The summed E-state index contributed by atoms with van der Waals surface area (Å²) in [5.74, 6) is 0. The first-order chi connectivity index (χ1) is 4.29. The van der Waals surface area contributed by atoms with E-state index in [1.54, 1.807) is 30.0 Å². The standard InChI is InChI=1S/C6H9NOS/c1-5(8)2-6-3-7-4-9-6/h3-5,8H,2H2,1H3/t5-/m1/s1. The van der Waals surface area contributed by atoms with E-state index < -0.39 is 0 Å². The Kier molecular flexibility index (Phi) is 2.19. The van der Waals surface area contributed by atoms with Crippen LogP contribution in [0.4, 0.5) is 0 Å². The Bertz CT molecular complexity index is 160. The van der Waals surface area contributed by atoms with Gasteiger partial charge in [-0.25, -0.2) is 0 Å². The average molecular weight is 143 g/mol. The van der Waals surface area contributed by atoms with Crippen LogP contribution < -0.4 is 0 Å². The van der Waals surface area contributed by atoms with Crippen molar-refractivity contribution in [2.24, 2.45) is 0 Å². The van der Waals surface area contributed by atoms with Gasteiger partial charge in [0.2, 0.25) is 0 Å². The molecule has 1 atom stereocenters. The van der Waals surface area contributed by atoms with Crippen molar-refractivity contribution in [1.29, 1.82) is 0 Å². The molecule has 0 unspecified atom stereocenters. The van der Waals surface area contributed by atoms with E-state index in [1.165, 1.54) is 0 Å². The normalized spacial score (nSPS) is 13.6. The maximum atomic E-state index is 8.90. The minimum Gasteiger partial charge on any atom is -0.393 e. The third-order valence-electron chi connectivity index (χ3n) is 0.980. The highest BCUT2D eigenvalue weighted by Gasteiger charge is 1.98. The summed E-state index contributed by atoms with van der Waals surface area (Å²) in [7, 11) is 0. The molecule has 9 heavy (non-hydrogen) atoms. The average Bonchev–Trinajstić information content (AvgIpc) is 2.15. The van der Waals surface area contributed by atoms with Crippen LogP contribution in [0.15, 0.2) is 11.7 Å². The molecule has 0 aliphatic heterocycles. The van der Waals surface area contributed by atoms with Gasteiger partial charge in [-0.05, 0) is 6.92 Å². The SMILES string of the molecule is C[C@@H](O)Cc1cncs1. The van der Waals surface area contributed by atoms with E-state index in [2.05, 4.69) is 4.98 Å². The van der Waals surface area contributed by atoms with Gasteiger partial charge in [-0.1, -0.05) is 0 Å². The van der Waals surface area contributed by atoms with Crippen molar-refractivity contribution in [2.75, 3.05) is 0 Å². The highest BCUT2D eigenvalue weighted by atomic mass is 32.1. The molecule has 0 bridgehead atoms. The molecule has 1 aromatic heterocycles. The lowest BCUT2D eigenvalue weighted by Crippen LogP contribution is -2.01. The van der Waals surface area contributed by atoms with E-state index in [0.29, 0.717) is 0 Å². The molecule has 0 spiro atoms. The van der Waals surface area contributed by atoms with Gasteiger partial charge in [-0.2, -0.15) is 0 Å². The van der Waals surface area contributed by atoms with Crippen LogP contribution in [0.1, 0.15) is 11.8 Å². The Balaban J connectivity index is 2.48. The van der Waals surface area contributed by atoms with Crippen LogP contribution in [0, 0.1) is 0 Å². The zero-order valence-corrected chi connectivity index (χ0v) is 6.06. The molecular formula is C6H9NOS. The molecule has 1 heterocycles. The van der Waals surface area contributed by atoms with Crippen LogP contribution >= 0.6 is 11.3 Å². The zero-order valence-electron chi connectivity index (χ0n) is 5.24. The summed E-state index contributed by atoms with van der Waals surface area (Å²) < 4.78 is 0. The van der Waals surface area contributed by atoms with Gasteiger partial charge in [0, 0.05) is 17.5 Å². The molecule has 0 fully saturated rings. The summed E-state index contributed by atoms with van der Waals surface area (Å²) in [6.45, 7) is 1.78. The molecule has 50 valence electrons. The van der Waals surface area contributed by atoms with Gasteiger partial charge in [-0.15, -0.1) is 11.3 Å². The third kappa shape index (κ3) is 2.11. The largest absolute Gasteiger partial charge is 0.393 e. The fourth-order valence-corrected chi connectivity index (χ4v) is 1.35. The molecule has 2 nitrogen and oxygen atoms in total. The molecule has 0 radical (unpaired) electrons. The Morgan fingerprint density at radius 2 is 2.67 bits per heavy atom. The second-order valence-corrected chi connectivity index (χ2v) is 2.99. The van der Waals surface area contributed by atoms with E-state index in [9.17, 15) is 0 Å². The zero-order chi connectivity index (χ0) is 6.69. The molecule has 0 saturated heterocycles. The Labute approximate surface area is 58.2 Å². The van der Waals surface area contributed by atoms with Gasteiger partial charge in [0.05, 0.1) is 11.6 Å². The lowest BCUT2D eigenvalue weighted by molar-refractivity contribution is 0.196. The van der Waals surface area contributed by atoms with Gasteiger partial charge < -0.3 is 5.11 Å². The first-order valence-electron chi connectivity index (χ1n) is 2.84. The Morgan fingerprint density at radius 1 is 1.89 bits per heavy atom. The molecule has 0 saturated carbocycles. The topological polar surface area (TPSA) is 33.1 Å². The number of aliphatic hydroxyl groups is 1. The van der Waals surface area contributed by atoms with Gasteiger partial charge in [0.1, 0.15) is 0 Å². The van der Waals surface area contributed by atoms with E-state index in [0.717, 1.165) is 11.3 Å². The molecule has 0 aliphatic rings. The number of hydrogen-bond acceptors (Lipinski definition) is 3. The van der Waals surface area contributed by atoms with E-state index in [4.69, 9.17) is 5.11 Å². The van der Waals surface area contributed by atoms with E-state index in [-0.39, 0.29) is 6.10 Å². The van der Waals surface area contributed by atoms with Crippen molar-refractivity contribution in [3.8, 4) is 0 Å². The van der Waals surface area contributed by atoms with Crippen molar-refractivity contribution in [1.82, 2.24) is 4.98 Å². The van der Waals surface area contributed by atoms with Crippen LogP contribution in [-0.4, -0.2) is 16.2 Å². The van der Waals surface area contributed by atoms with Gasteiger partial charge in [-0.3, -0.25) is 4.98 Å². The number of aromatic nitrogens is 1. The van der Waals surface area contributed by atoms with Crippen molar-refractivity contribution >= 4 is 11.3 Å². The Morgan fingerprint density at radius 3 is 3.11 bits per heavy atom. The van der Waals surface area contributed by atoms with E-state index in [1.807, 2.05) is 0 Å². The molecule has 1 aromatic rings. The fraction of sp³-hybridized carbons (Fsp3) is 0.500. The number of thiazole rings is 1. The summed E-state index contributed by atoms with van der Waals surface area (Å²) in [5.41, 5.74) is 1.78. The van der Waals surface area contributed by atoms with Crippen molar-refractivity contribution in [2.45, 2.75) is 19.4 Å². The predicted octanol–water partition coefficient (Wildman–Crippen LogP) is 1.07. The summed E-state index contributed by atoms with van der Waals surface area (Å²) >= 11 is 1.58. The molecule has 0 amide bonds. The molecule has 3 heteroatoms. The molecular weight excluding hydrogens is 134 g/mol. The number of aliphatic hydroxyl groups excluding tert-OH is 1. The summed E-state index contributed by atoms with van der Waals surface area (Å²) in [6, 6.07) is 0. The summed E-state index contributed by atoms with van der Waals surface area (Å²) in [6.07, 6.45) is 2.27. The van der Waals surface area contributed by atoms with Crippen molar-refractivity contribution in [3.05, 3.63) is 16.6 Å². The summed E-state index contributed by atoms with van der Waals surface area (Å²) in [5, 5.41) is 8.90. The van der Waals surface area contributed by atoms with Crippen molar-refractivity contribution in [3.63, 3.8) is 0 Å².